The molecule has 4 N–H and O–H groups in total. The van der Waals surface area contributed by atoms with Crippen molar-refractivity contribution in [2.45, 2.75) is 29.0 Å². The fourth-order valence-corrected chi connectivity index (χ4v) is 6.41. The molecular formula is C18H25Cl2N9O4S3. The highest BCUT2D eigenvalue weighted by atomic mass is 35.5. The molecule has 2 aliphatic rings. The van der Waals surface area contributed by atoms with Gasteiger partial charge in [-0.05, 0) is 30.1 Å². The highest BCUT2D eigenvalue weighted by Crippen LogP contribution is 2.44. The number of carboxylic acid groups (broad SMARTS) is 1. The first-order chi connectivity index (χ1) is 16.2. The summed E-state index contributed by atoms with van der Waals surface area (Å²) in [6.45, 7) is 1.44. The van der Waals surface area contributed by atoms with Gasteiger partial charge < -0.3 is 26.0 Å². The number of hydrogen-bond acceptors (Lipinski definition) is 12. The maximum Gasteiger partial charge on any atom is 0.342 e. The Morgan fingerprint density at radius 2 is 2.14 bits per heavy atom. The molecule has 2 amide bonds. The van der Waals surface area contributed by atoms with Crippen LogP contribution in [0.5, 0.6) is 0 Å². The molecule has 2 aromatic rings. The number of nitrogens with two attached hydrogens (primary N) is 1. The van der Waals surface area contributed by atoms with Gasteiger partial charge in [-0.15, -0.1) is 53.0 Å². The molecule has 2 aliphatic heterocycles. The molecule has 2 atom stereocenters. The van der Waals surface area contributed by atoms with Crippen molar-refractivity contribution < 1.29 is 19.5 Å². The summed E-state index contributed by atoms with van der Waals surface area (Å²) in [4.78, 5) is 44.9. The second-order valence-corrected chi connectivity index (χ2v) is 10.9. The summed E-state index contributed by atoms with van der Waals surface area (Å²) in [7, 11) is 3.94. The molecule has 4 rings (SSSR count). The van der Waals surface area contributed by atoms with Crippen LogP contribution < -0.4 is 11.1 Å². The van der Waals surface area contributed by atoms with Crippen molar-refractivity contribution in [2.75, 3.05) is 37.9 Å². The van der Waals surface area contributed by atoms with Gasteiger partial charge in [0.15, 0.2) is 5.13 Å². The number of thiazole rings is 1. The zero-order valence-electron chi connectivity index (χ0n) is 19.2. The Bertz CT molecular complexity index is 1140. The first-order valence-corrected chi connectivity index (χ1v) is 13.0. The van der Waals surface area contributed by atoms with Crippen molar-refractivity contribution in [1.82, 2.24) is 40.3 Å². The van der Waals surface area contributed by atoms with E-state index in [2.05, 4.69) is 25.8 Å². The van der Waals surface area contributed by atoms with Gasteiger partial charge >= 0.3 is 5.97 Å². The number of likely N-dealkylation sites (N-methyl/N-ethyl adjacent to an activating group) is 1. The number of β-lactam (4-membered cyclic amide) rings is 1. The number of thioether (sulfide) groups is 2. The summed E-state index contributed by atoms with van der Waals surface area (Å²) in [5, 5.41) is 26.0. The molecular weight excluding hydrogens is 573 g/mol. The Morgan fingerprint density at radius 3 is 2.78 bits per heavy atom. The first kappa shape index (κ1) is 30.1. The van der Waals surface area contributed by atoms with Crippen LogP contribution in [0.2, 0.25) is 0 Å². The lowest BCUT2D eigenvalue weighted by Crippen LogP contribution is -2.81. The average molecular weight is 599 g/mol. The summed E-state index contributed by atoms with van der Waals surface area (Å²) < 4.78 is 1.72. The van der Waals surface area contributed by atoms with Crippen LogP contribution in [-0.2, 0) is 27.3 Å². The molecule has 1 fully saturated rings. The Labute approximate surface area is 231 Å². The molecule has 13 nitrogen and oxygen atoms in total. The topological polar surface area (TPSA) is 172 Å². The van der Waals surface area contributed by atoms with E-state index in [1.807, 2.05) is 19.0 Å². The molecule has 0 bridgehead atoms. The lowest BCUT2D eigenvalue weighted by molar-refractivity contribution is -0.169. The third-order valence-electron chi connectivity index (χ3n) is 5.17. The Balaban J connectivity index is 0.00000228. The number of carbonyl (C=O) groups excluding carboxylic acids is 2. The number of aromatic nitrogens is 5. The summed E-state index contributed by atoms with van der Waals surface area (Å²) in [5.41, 5.74) is 4.93. The van der Waals surface area contributed by atoms with Crippen LogP contribution in [0.1, 0.15) is 5.69 Å². The molecule has 198 valence electrons. The van der Waals surface area contributed by atoms with Crippen molar-refractivity contribution in [3.05, 3.63) is 22.8 Å². The second-order valence-electron chi connectivity index (χ2n) is 7.95. The number of carbonyl (C=O) groups is 3. The standard InChI is InChI=1S/C18H23N9O4S3.2ClH/c1-25(2)3-4-27-17(22-23-24-27)34-8-10-6-26-13(29)18(15(30)31,14(26)32-7-10)21-12(28)5-11-9-33-16(19)20-11;;/h6,9,14H,3-5,7-8H2,1-2H3,(H2,19,20)(H,21,28)(H,30,31);2*1H/t14-,18+;;/m0../s1. The molecule has 1 saturated heterocycles. The minimum atomic E-state index is -2.01. The van der Waals surface area contributed by atoms with Crippen LogP contribution in [0.4, 0.5) is 5.13 Å². The maximum atomic E-state index is 12.9. The van der Waals surface area contributed by atoms with Gasteiger partial charge in [-0.3, -0.25) is 9.59 Å². The fourth-order valence-electron chi connectivity index (χ4n) is 3.48. The van der Waals surface area contributed by atoms with E-state index >= 15 is 0 Å². The lowest BCUT2D eigenvalue weighted by Gasteiger charge is -2.53. The van der Waals surface area contributed by atoms with Crippen molar-refractivity contribution in [3.63, 3.8) is 0 Å². The minimum Gasteiger partial charge on any atom is -0.479 e. The molecule has 0 unspecified atom stereocenters. The van der Waals surface area contributed by atoms with Crippen LogP contribution in [-0.4, -0.2) is 101 Å². The fraction of sp³-hybridized carbons (Fsp3) is 0.500. The van der Waals surface area contributed by atoms with Gasteiger partial charge in [0.2, 0.25) is 16.6 Å². The smallest absolute Gasteiger partial charge is 0.342 e. The van der Waals surface area contributed by atoms with Gasteiger partial charge in [-0.1, -0.05) is 11.8 Å². The third kappa shape index (κ3) is 6.06. The number of rotatable bonds is 10. The molecule has 2 aromatic heterocycles. The number of hydrogen-bond donors (Lipinski definition) is 3. The van der Waals surface area contributed by atoms with Gasteiger partial charge in [-0.2, -0.15) is 0 Å². The van der Waals surface area contributed by atoms with E-state index in [9.17, 15) is 19.5 Å². The van der Waals surface area contributed by atoms with Crippen LogP contribution >= 0.6 is 59.7 Å². The Kier molecular flexibility index (Phi) is 10.4. The minimum absolute atomic E-state index is 0. The van der Waals surface area contributed by atoms with Gasteiger partial charge in [-0.25, -0.2) is 14.5 Å². The summed E-state index contributed by atoms with van der Waals surface area (Å²) in [5.74, 6) is -1.61. The Hall–Kier alpha value is -2.11. The summed E-state index contributed by atoms with van der Waals surface area (Å²) in [6, 6.07) is 0. The number of aliphatic carboxylic acids is 1. The number of tetrazole rings is 1. The lowest BCUT2D eigenvalue weighted by atomic mass is 9.87. The van der Waals surface area contributed by atoms with Crippen LogP contribution in [0.3, 0.4) is 0 Å². The number of nitrogen functional groups attached to an aromatic ring is 1. The van der Waals surface area contributed by atoms with Gasteiger partial charge in [0.05, 0.1) is 18.7 Å². The van der Waals surface area contributed by atoms with E-state index in [0.717, 1.165) is 12.1 Å². The number of anilines is 1. The summed E-state index contributed by atoms with van der Waals surface area (Å²) in [6.07, 6.45) is 1.51. The largest absolute Gasteiger partial charge is 0.479 e. The van der Waals surface area contributed by atoms with Crippen LogP contribution in [0.25, 0.3) is 0 Å². The number of halogens is 2. The van der Waals surface area contributed by atoms with Gasteiger partial charge in [0.25, 0.3) is 5.91 Å². The van der Waals surface area contributed by atoms with Crippen molar-refractivity contribution in [1.29, 1.82) is 0 Å². The molecule has 0 spiro atoms. The zero-order chi connectivity index (χ0) is 24.5. The van der Waals surface area contributed by atoms with Crippen molar-refractivity contribution >= 4 is 82.6 Å². The quantitative estimate of drug-likeness (QED) is 0.193. The van der Waals surface area contributed by atoms with E-state index in [4.69, 9.17) is 5.73 Å². The second kappa shape index (κ2) is 12.4. The molecule has 0 radical (unpaired) electrons. The Morgan fingerprint density at radius 1 is 1.39 bits per heavy atom. The predicted octanol–water partition coefficient (Wildman–Crippen LogP) is 0.190. The van der Waals surface area contributed by atoms with Gasteiger partial charge in [0, 0.05) is 29.6 Å². The van der Waals surface area contributed by atoms with Crippen molar-refractivity contribution in [3.8, 4) is 0 Å². The van der Waals surface area contributed by atoms with E-state index in [-0.39, 0.29) is 31.2 Å². The first-order valence-electron chi connectivity index (χ1n) is 10.1. The molecule has 4 heterocycles. The van der Waals surface area contributed by atoms with Gasteiger partial charge in [0.1, 0.15) is 5.37 Å². The average Bonchev–Trinajstić information content (AvgIpc) is 3.42. The summed E-state index contributed by atoms with van der Waals surface area (Å²) >= 11 is 3.93. The molecule has 0 aromatic carbocycles. The normalized spacial score (nSPS) is 20.5. The van der Waals surface area contributed by atoms with Crippen LogP contribution in [0.15, 0.2) is 22.3 Å². The van der Waals surface area contributed by atoms with E-state index in [0.29, 0.717) is 34.0 Å². The molecule has 0 saturated carbocycles. The number of carboxylic acids is 1. The van der Waals surface area contributed by atoms with E-state index < -0.39 is 28.7 Å². The number of nitrogens with zero attached hydrogens (tertiary/aromatic N) is 7. The van der Waals surface area contributed by atoms with E-state index in [1.54, 1.807) is 16.3 Å². The molecule has 36 heavy (non-hydrogen) atoms. The predicted molar refractivity (Wildman–Crippen MR) is 142 cm³/mol. The number of fused-ring (bicyclic) bond motifs is 1. The SMILES string of the molecule is CN(C)CCn1nnnc1SCC1=CN2C(=O)[C@](NC(=O)Cc3csc(N)n3)(C(=O)O)[C@@H]2SC1.Cl.Cl. The highest BCUT2D eigenvalue weighted by Gasteiger charge is 2.68. The zero-order valence-corrected chi connectivity index (χ0v) is 23.3. The number of nitrogens with one attached hydrogen (secondary N) is 1. The molecule has 18 heteroatoms. The maximum absolute atomic E-state index is 12.9. The van der Waals surface area contributed by atoms with Crippen LogP contribution in [0, 0.1) is 0 Å². The monoisotopic (exact) mass is 597 g/mol. The third-order valence-corrected chi connectivity index (χ3v) is 8.40. The highest BCUT2D eigenvalue weighted by molar-refractivity contribution is 8.01. The van der Waals surface area contributed by atoms with E-state index in [1.165, 1.54) is 39.8 Å². The molecule has 0 aliphatic carbocycles. The van der Waals surface area contributed by atoms with Crippen molar-refractivity contribution in [2.24, 2.45) is 0 Å². The number of amides is 2.